The molecule has 0 amide bonds. The predicted octanol–water partition coefficient (Wildman–Crippen LogP) is 6.47. The van der Waals surface area contributed by atoms with Crippen molar-refractivity contribution in [1.29, 1.82) is 0 Å². The van der Waals surface area contributed by atoms with Crippen molar-refractivity contribution in [3.8, 4) is 22.3 Å². The summed E-state index contributed by atoms with van der Waals surface area (Å²) in [4.78, 5) is 0. The Hall–Kier alpha value is -2.88. The van der Waals surface area contributed by atoms with Crippen LogP contribution in [0.25, 0.3) is 33.0 Å². The predicted molar refractivity (Wildman–Crippen MR) is 131 cm³/mol. The summed E-state index contributed by atoms with van der Waals surface area (Å²) in [6, 6.07) is 32.3. The van der Waals surface area contributed by atoms with Crippen LogP contribution in [0.1, 0.15) is 27.7 Å². The van der Waals surface area contributed by atoms with E-state index in [1.54, 1.807) is 0 Å². The first-order valence-electron chi connectivity index (χ1n) is 10.9. The molecule has 0 saturated carbocycles. The molecular weight excluding hydrogens is 379 g/mol. The van der Waals surface area contributed by atoms with E-state index in [1.807, 2.05) is 0 Å². The zero-order chi connectivity index (χ0) is 21.6. The quantitative estimate of drug-likeness (QED) is 0.363. The highest BCUT2D eigenvalue weighted by atomic mass is 16.7. The Morgan fingerprint density at radius 2 is 1.26 bits per heavy atom. The van der Waals surface area contributed by atoms with Gasteiger partial charge >= 0.3 is 7.12 Å². The largest absolute Gasteiger partial charge is 0.494 e. The molecule has 0 unspecified atom stereocenters. The zero-order valence-electron chi connectivity index (χ0n) is 18.6. The van der Waals surface area contributed by atoms with Crippen LogP contribution in [0, 0.1) is 0 Å². The Morgan fingerprint density at radius 3 is 2.00 bits per heavy atom. The molecule has 0 spiro atoms. The van der Waals surface area contributed by atoms with Gasteiger partial charge in [-0.3, -0.25) is 0 Å². The van der Waals surface area contributed by atoms with Crippen molar-refractivity contribution < 1.29 is 9.31 Å². The SMILES string of the molecule is CC1(C)OB(c2cccc(-c3cccc4cc(-c5ccccc5)ccc34)c2)OC1(C)C. The summed E-state index contributed by atoms with van der Waals surface area (Å²) in [6.07, 6.45) is 0. The molecule has 1 aliphatic heterocycles. The molecule has 0 radical (unpaired) electrons. The summed E-state index contributed by atoms with van der Waals surface area (Å²) in [7, 11) is -0.357. The Kier molecular flexibility index (Phi) is 4.77. The average molecular weight is 406 g/mol. The third-order valence-electron chi connectivity index (χ3n) is 6.71. The van der Waals surface area contributed by atoms with E-state index in [0.29, 0.717) is 0 Å². The normalized spacial score (nSPS) is 17.2. The van der Waals surface area contributed by atoms with E-state index in [2.05, 4.69) is 119 Å². The van der Waals surface area contributed by atoms with Crippen LogP contribution >= 0.6 is 0 Å². The van der Waals surface area contributed by atoms with Crippen LogP contribution in [0.4, 0.5) is 0 Å². The van der Waals surface area contributed by atoms with Gasteiger partial charge in [0.1, 0.15) is 0 Å². The van der Waals surface area contributed by atoms with Crippen molar-refractivity contribution in [2.75, 3.05) is 0 Å². The fourth-order valence-corrected chi connectivity index (χ4v) is 4.18. The minimum Gasteiger partial charge on any atom is -0.399 e. The Labute approximate surface area is 185 Å². The first kappa shape index (κ1) is 20.1. The lowest BCUT2D eigenvalue weighted by Crippen LogP contribution is -2.41. The van der Waals surface area contributed by atoms with Crippen LogP contribution < -0.4 is 5.46 Å². The van der Waals surface area contributed by atoms with Crippen LogP contribution in [0.2, 0.25) is 0 Å². The molecule has 3 heteroatoms. The summed E-state index contributed by atoms with van der Waals surface area (Å²) < 4.78 is 12.5. The van der Waals surface area contributed by atoms with Gasteiger partial charge < -0.3 is 9.31 Å². The first-order valence-corrected chi connectivity index (χ1v) is 10.9. The lowest BCUT2D eigenvalue weighted by Gasteiger charge is -2.32. The van der Waals surface area contributed by atoms with Crippen molar-refractivity contribution in [2.45, 2.75) is 38.9 Å². The molecule has 154 valence electrons. The average Bonchev–Trinajstić information content (AvgIpc) is 3.00. The molecule has 4 aromatic rings. The van der Waals surface area contributed by atoms with Crippen molar-refractivity contribution in [3.63, 3.8) is 0 Å². The summed E-state index contributed by atoms with van der Waals surface area (Å²) in [5, 5.41) is 2.48. The topological polar surface area (TPSA) is 18.5 Å². The number of hydrogen-bond donors (Lipinski definition) is 0. The number of hydrogen-bond acceptors (Lipinski definition) is 2. The monoisotopic (exact) mass is 406 g/mol. The maximum Gasteiger partial charge on any atom is 0.494 e. The molecule has 4 aromatic carbocycles. The van der Waals surface area contributed by atoms with Gasteiger partial charge in [-0.15, -0.1) is 0 Å². The second kappa shape index (κ2) is 7.37. The van der Waals surface area contributed by atoms with E-state index in [0.717, 1.165) is 5.46 Å². The number of rotatable bonds is 3. The van der Waals surface area contributed by atoms with Crippen LogP contribution in [0.15, 0.2) is 91.0 Å². The molecule has 0 aliphatic carbocycles. The van der Waals surface area contributed by atoms with E-state index >= 15 is 0 Å². The summed E-state index contributed by atoms with van der Waals surface area (Å²) in [5.74, 6) is 0. The Balaban J connectivity index is 1.54. The first-order chi connectivity index (χ1) is 14.8. The highest BCUT2D eigenvalue weighted by Gasteiger charge is 2.51. The maximum absolute atomic E-state index is 6.27. The van der Waals surface area contributed by atoms with Crippen LogP contribution in [-0.4, -0.2) is 18.3 Å². The fraction of sp³-hybridized carbons (Fsp3) is 0.214. The lowest BCUT2D eigenvalue weighted by molar-refractivity contribution is 0.00578. The van der Waals surface area contributed by atoms with Gasteiger partial charge in [-0.2, -0.15) is 0 Å². The van der Waals surface area contributed by atoms with Crippen LogP contribution in [0.3, 0.4) is 0 Å². The van der Waals surface area contributed by atoms with Gasteiger partial charge in [-0.1, -0.05) is 84.9 Å². The molecule has 31 heavy (non-hydrogen) atoms. The van der Waals surface area contributed by atoms with Gasteiger partial charge in [-0.25, -0.2) is 0 Å². The molecule has 1 saturated heterocycles. The fourth-order valence-electron chi connectivity index (χ4n) is 4.18. The van der Waals surface area contributed by atoms with E-state index in [4.69, 9.17) is 9.31 Å². The third-order valence-corrected chi connectivity index (χ3v) is 6.71. The van der Waals surface area contributed by atoms with E-state index < -0.39 is 0 Å². The smallest absolute Gasteiger partial charge is 0.399 e. The lowest BCUT2D eigenvalue weighted by atomic mass is 9.77. The minimum atomic E-state index is -0.357. The van der Waals surface area contributed by atoms with Crippen molar-refractivity contribution in [1.82, 2.24) is 0 Å². The van der Waals surface area contributed by atoms with Crippen molar-refractivity contribution in [2.24, 2.45) is 0 Å². The minimum absolute atomic E-state index is 0.346. The van der Waals surface area contributed by atoms with E-state index in [-0.39, 0.29) is 18.3 Å². The molecule has 0 aromatic heterocycles. The number of benzene rings is 4. The molecule has 1 aliphatic rings. The molecule has 1 fully saturated rings. The van der Waals surface area contributed by atoms with Gasteiger partial charge in [0.25, 0.3) is 0 Å². The number of fused-ring (bicyclic) bond motifs is 1. The van der Waals surface area contributed by atoms with Gasteiger partial charge in [0.05, 0.1) is 11.2 Å². The van der Waals surface area contributed by atoms with Gasteiger partial charge in [0.15, 0.2) is 0 Å². The Bertz CT molecular complexity index is 1230. The highest BCUT2D eigenvalue weighted by molar-refractivity contribution is 6.62. The van der Waals surface area contributed by atoms with E-state index in [9.17, 15) is 0 Å². The highest BCUT2D eigenvalue weighted by Crippen LogP contribution is 2.37. The second-order valence-electron chi connectivity index (χ2n) is 9.32. The van der Waals surface area contributed by atoms with Crippen LogP contribution in [-0.2, 0) is 9.31 Å². The van der Waals surface area contributed by atoms with E-state index in [1.165, 1.54) is 33.0 Å². The standard InChI is InChI=1S/C28H27BO2/c1-27(2)28(3,4)31-29(30-27)24-14-8-12-23(19-24)25-15-9-13-22-18-21(16-17-26(22)25)20-10-6-5-7-11-20/h5-19H,1-4H3. The van der Waals surface area contributed by atoms with Gasteiger partial charge in [-0.05, 0) is 72.3 Å². The molecule has 0 atom stereocenters. The summed E-state index contributed by atoms with van der Waals surface area (Å²) in [6.45, 7) is 8.36. The molecule has 0 N–H and O–H groups in total. The van der Waals surface area contributed by atoms with Crippen molar-refractivity contribution >= 4 is 23.4 Å². The summed E-state index contributed by atoms with van der Waals surface area (Å²) >= 11 is 0. The molecule has 0 bridgehead atoms. The summed E-state index contributed by atoms with van der Waals surface area (Å²) in [5.41, 5.74) is 5.21. The zero-order valence-corrected chi connectivity index (χ0v) is 18.6. The molecular formula is C28H27BO2. The van der Waals surface area contributed by atoms with Gasteiger partial charge in [0.2, 0.25) is 0 Å². The Morgan fingerprint density at radius 1 is 0.581 bits per heavy atom. The molecule has 5 rings (SSSR count). The van der Waals surface area contributed by atoms with Gasteiger partial charge in [0, 0.05) is 0 Å². The maximum atomic E-state index is 6.27. The third kappa shape index (κ3) is 3.58. The molecule has 1 heterocycles. The van der Waals surface area contributed by atoms with Crippen molar-refractivity contribution in [3.05, 3.63) is 91.0 Å². The molecule has 2 nitrogen and oxygen atoms in total. The second-order valence-corrected chi connectivity index (χ2v) is 9.32. The van der Waals surface area contributed by atoms with Crippen LogP contribution in [0.5, 0.6) is 0 Å².